The predicted molar refractivity (Wildman–Crippen MR) is 94.8 cm³/mol. The number of rotatable bonds is 5. The van der Waals surface area contributed by atoms with Crippen molar-refractivity contribution in [2.24, 2.45) is 5.73 Å². The van der Waals surface area contributed by atoms with E-state index >= 15 is 0 Å². The number of primary amides is 1. The van der Waals surface area contributed by atoms with E-state index in [-0.39, 0.29) is 23.3 Å². The van der Waals surface area contributed by atoms with Gasteiger partial charge in [-0.15, -0.1) is 0 Å². The number of aromatic nitrogens is 2. The number of amides is 3. The fourth-order valence-corrected chi connectivity index (χ4v) is 3.01. The van der Waals surface area contributed by atoms with Crippen LogP contribution in [0.4, 0.5) is 0 Å². The maximum Gasteiger partial charge on any atom is 0.272 e. The zero-order chi connectivity index (χ0) is 18.8. The summed E-state index contributed by atoms with van der Waals surface area (Å²) in [5.74, 6) is -1.31. The highest BCUT2D eigenvalue weighted by molar-refractivity contribution is 5.99. The highest BCUT2D eigenvalue weighted by Crippen LogP contribution is 2.16. The summed E-state index contributed by atoms with van der Waals surface area (Å²) < 4.78 is 1.33. The van der Waals surface area contributed by atoms with E-state index in [0.717, 1.165) is 0 Å². The second-order valence-electron chi connectivity index (χ2n) is 6.47. The van der Waals surface area contributed by atoms with Crippen molar-refractivity contribution in [3.63, 3.8) is 0 Å². The quantitative estimate of drug-likeness (QED) is 0.823. The first-order valence-electron chi connectivity index (χ1n) is 8.45. The number of likely N-dealkylation sites (tertiary alicyclic amines) is 1. The molecule has 3 N–H and O–H groups in total. The average molecular weight is 355 g/mol. The fourth-order valence-electron chi connectivity index (χ4n) is 3.01. The lowest BCUT2D eigenvalue weighted by molar-refractivity contribution is -0.130. The van der Waals surface area contributed by atoms with Crippen molar-refractivity contribution in [2.45, 2.75) is 32.4 Å². The van der Waals surface area contributed by atoms with Crippen molar-refractivity contribution in [3.05, 3.63) is 47.8 Å². The standard InChI is InChI=1S/C18H21N5O3/c1-11(2)22-9-8-13(18(22)26)20-17(25)14-10-15(16(19)24)23(21-14)12-6-4-3-5-7-12/h3-7,10-11,13H,8-9H2,1-2H3,(H2,19,24)(H,20,25). The van der Waals surface area contributed by atoms with Crippen molar-refractivity contribution in [2.75, 3.05) is 6.54 Å². The Kier molecular flexibility index (Phi) is 4.75. The minimum absolute atomic E-state index is 0.0402. The van der Waals surface area contributed by atoms with Gasteiger partial charge in [-0.1, -0.05) is 18.2 Å². The van der Waals surface area contributed by atoms with Gasteiger partial charge >= 0.3 is 0 Å². The van der Waals surface area contributed by atoms with Crippen LogP contribution in [0.25, 0.3) is 5.69 Å². The largest absolute Gasteiger partial charge is 0.364 e. The Morgan fingerprint density at radius 2 is 1.96 bits per heavy atom. The molecule has 1 aliphatic rings. The molecule has 0 saturated carbocycles. The Morgan fingerprint density at radius 3 is 2.54 bits per heavy atom. The van der Waals surface area contributed by atoms with Crippen molar-refractivity contribution in [1.82, 2.24) is 20.0 Å². The third kappa shape index (κ3) is 3.30. The summed E-state index contributed by atoms with van der Waals surface area (Å²) in [7, 11) is 0. The molecule has 2 aromatic rings. The minimum Gasteiger partial charge on any atom is -0.364 e. The number of nitrogens with two attached hydrogens (primary N) is 1. The van der Waals surface area contributed by atoms with Crippen LogP contribution in [0.5, 0.6) is 0 Å². The number of nitrogens with zero attached hydrogens (tertiary/aromatic N) is 3. The molecule has 0 radical (unpaired) electrons. The van der Waals surface area contributed by atoms with Crippen LogP contribution in [0.3, 0.4) is 0 Å². The van der Waals surface area contributed by atoms with Gasteiger partial charge in [0.1, 0.15) is 11.7 Å². The van der Waals surface area contributed by atoms with E-state index < -0.39 is 17.9 Å². The van der Waals surface area contributed by atoms with Gasteiger partial charge in [-0.25, -0.2) is 4.68 Å². The Morgan fingerprint density at radius 1 is 1.27 bits per heavy atom. The number of nitrogens with one attached hydrogen (secondary N) is 1. The first kappa shape index (κ1) is 17.7. The molecule has 1 saturated heterocycles. The van der Waals surface area contributed by atoms with Gasteiger partial charge in [-0.05, 0) is 32.4 Å². The first-order chi connectivity index (χ1) is 12.4. The third-order valence-corrected chi connectivity index (χ3v) is 4.36. The molecule has 1 atom stereocenters. The molecular weight excluding hydrogens is 334 g/mol. The number of benzene rings is 1. The molecule has 3 rings (SSSR count). The SMILES string of the molecule is CC(C)N1CCC(NC(=O)c2cc(C(N)=O)n(-c3ccccc3)n2)C1=O. The van der Waals surface area contributed by atoms with Crippen LogP contribution in [0.1, 0.15) is 41.2 Å². The Hall–Kier alpha value is -3.16. The number of carbonyl (C=O) groups is 3. The lowest BCUT2D eigenvalue weighted by atomic mass is 10.2. The van der Waals surface area contributed by atoms with Gasteiger partial charge in [0.05, 0.1) is 5.69 Å². The van der Waals surface area contributed by atoms with Crippen molar-refractivity contribution >= 4 is 17.7 Å². The Labute approximate surface area is 151 Å². The molecule has 1 aromatic heterocycles. The number of carbonyl (C=O) groups excluding carboxylic acids is 3. The molecule has 2 heterocycles. The van der Waals surface area contributed by atoms with Crippen LogP contribution in [-0.4, -0.2) is 51.0 Å². The average Bonchev–Trinajstić information content (AvgIpc) is 3.20. The summed E-state index contributed by atoms with van der Waals surface area (Å²) >= 11 is 0. The van der Waals surface area contributed by atoms with Gasteiger partial charge in [0.25, 0.3) is 11.8 Å². The van der Waals surface area contributed by atoms with Gasteiger partial charge in [-0.3, -0.25) is 14.4 Å². The fraction of sp³-hybridized carbons (Fsp3) is 0.333. The molecule has 0 bridgehead atoms. The van der Waals surface area contributed by atoms with Crippen LogP contribution in [0, 0.1) is 0 Å². The number of hydrogen-bond donors (Lipinski definition) is 2. The molecular formula is C18H21N5O3. The summed E-state index contributed by atoms with van der Waals surface area (Å²) in [6.07, 6.45) is 0.546. The molecule has 1 fully saturated rings. The van der Waals surface area contributed by atoms with E-state index in [2.05, 4.69) is 10.4 Å². The number of para-hydroxylation sites is 1. The van der Waals surface area contributed by atoms with Crippen LogP contribution >= 0.6 is 0 Å². The summed E-state index contributed by atoms with van der Waals surface area (Å²) in [5.41, 5.74) is 6.16. The Balaban J connectivity index is 1.83. The minimum atomic E-state index is -0.691. The summed E-state index contributed by atoms with van der Waals surface area (Å²) in [4.78, 5) is 38.3. The van der Waals surface area contributed by atoms with Gasteiger partial charge < -0.3 is 16.0 Å². The molecule has 8 nitrogen and oxygen atoms in total. The summed E-state index contributed by atoms with van der Waals surface area (Å²) in [6.45, 7) is 4.47. The lowest BCUT2D eigenvalue weighted by Gasteiger charge is -2.20. The molecule has 0 aliphatic carbocycles. The lowest BCUT2D eigenvalue weighted by Crippen LogP contribution is -2.43. The van der Waals surface area contributed by atoms with Crippen molar-refractivity contribution in [1.29, 1.82) is 0 Å². The maximum absolute atomic E-state index is 12.5. The zero-order valence-corrected chi connectivity index (χ0v) is 14.7. The smallest absolute Gasteiger partial charge is 0.272 e. The predicted octanol–water partition coefficient (Wildman–Crippen LogP) is 0.710. The van der Waals surface area contributed by atoms with E-state index in [1.54, 1.807) is 29.2 Å². The van der Waals surface area contributed by atoms with E-state index in [0.29, 0.717) is 18.7 Å². The van der Waals surface area contributed by atoms with Gasteiger partial charge in [0.15, 0.2) is 5.69 Å². The molecule has 1 unspecified atom stereocenters. The molecule has 136 valence electrons. The highest BCUT2D eigenvalue weighted by atomic mass is 16.2. The monoisotopic (exact) mass is 355 g/mol. The van der Waals surface area contributed by atoms with Crippen LogP contribution in [0.2, 0.25) is 0 Å². The molecule has 1 aromatic carbocycles. The third-order valence-electron chi connectivity index (χ3n) is 4.36. The second-order valence-corrected chi connectivity index (χ2v) is 6.47. The second kappa shape index (κ2) is 6.99. The van der Waals surface area contributed by atoms with E-state index in [1.807, 2.05) is 19.9 Å². The van der Waals surface area contributed by atoms with Crippen LogP contribution < -0.4 is 11.1 Å². The topological polar surface area (TPSA) is 110 Å². The summed E-state index contributed by atoms with van der Waals surface area (Å²) in [5, 5.41) is 6.90. The molecule has 0 spiro atoms. The van der Waals surface area contributed by atoms with E-state index in [9.17, 15) is 14.4 Å². The molecule has 3 amide bonds. The van der Waals surface area contributed by atoms with Crippen LogP contribution in [0.15, 0.2) is 36.4 Å². The van der Waals surface area contributed by atoms with Crippen molar-refractivity contribution in [3.8, 4) is 5.69 Å². The Bertz CT molecular complexity index is 844. The molecule has 8 heteroatoms. The summed E-state index contributed by atoms with van der Waals surface area (Å²) in [6, 6.07) is 9.76. The zero-order valence-electron chi connectivity index (χ0n) is 14.7. The number of hydrogen-bond acceptors (Lipinski definition) is 4. The van der Waals surface area contributed by atoms with Crippen LogP contribution in [-0.2, 0) is 4.79 Å². The highest BCUT2D eigenvalue weighted by Gasteiger charge is 2.34. The van der Waals surface area contributed by atoms with Gasteiger partial charge in [-0.2, -0.15) is 5.10 Å². The van der Waals surface area contributed by atoms with E-state index in [4.69, 9.17) is 5.73 Å². The first-order valence-corrected chi connectivity index (χ1v) is 8.45. The molecule has 26 heavy (non-hydrogen) atoms. The van der Waals surface area contributed by atoms with Crippen molar-refractivity contribution < 1.29 is 14.4 Å². The maximum atomic E-state index is 12.5. The normalized spacial score (nSPS) is 17.0. The van der Waals surface area contributed by atoms with E-state index in [1.165, 1.54) is 10.7 Å². The van der Waals surface area contributed by atoms with Gasteiger partial charge in [0.2, 0.25) is 5.91 Å². The molecule has 1 aliphatic heterocycles. The van der Waals surface area contributed by atoms with Gasteiger partial charge in [0, 0.05) is 18.7 Å².